The molecule has 0 fully saturated rings. The second-order valence-corrected chi connectivity index (χ2v) is 2.64. The van der Waals surface area contributed by atoms with Gasteiger partial charge in [-0.1, -0.05) is 0 Å². The van der Waals surface area contributed by atoms with Crippen LogP contribution in [0.15, 0.2) is 6.07 Å². The van der Waals surface area contributed by atoms with Crippen LogP contribution < -0.4 is 0 Å². The van der Waals surface area contributed by atoms with Crippen LogP contribution in [0.5, 0.6) is 0 Å². The SMILES string of the molecule is FCc1c(F)cc(C(F)(F)F)c(F)c1F. The van der Waals surface area contributed by atoms with E-state index in [0.717, 1.165) is 0 Å². The second-order valence-electron chi connectivity index (χ2n) is 2.64. The predicted octanol–water partition coefficient (Wildman–Crippen LogP) is 3.59. The molecule has 1 aromatic rings. The van der Waals surface area contributed by atoms with E-state index >= 15 is 0 Å². The van der Waals surface area contributed by atoms with Gasteiger partial charge in [0.1, 0.15) is 12.5 Å². The minimum Gasteiger partial charge on any atom is -0.246 e. The first-order valence-corrected chi connectivity index (χ1v) is 3.58. The minimum absolute atomic E-state index is 0.271. The summed E-state index contributed by atoms with van der Waals surface area (Å²) in [5.74, 6) is -6.20. The summed E-state index contributed by atoms with van der Waals surface area (Å²) in [5, 5.41) is 0. The molecule has 84 valence electrons. The molecule has 1 aromatic carbocycles. The molecule has 0 radical (unpaired) electrons. The second kappa shape index (κ2) is 3.71. The fourth-order valence-corrected chi connectivity index (χ4v) is 0.962. The first-order chi connectivity index (χ1) is 6.79. The van der Waals surface area contributed by atoms with Gasteiger partial charge < -0.3 is 0 Å². The maximum atomic E-state index is 12.7. The molecule has 0 nitrogen and oxygen atoms in total. The van der Waals surface area contributed by atoms with Crippen molar-refractivity contribution in [3.05, 3.63) is 34.6 Å². The first kappa shape index (κ1) is 11.8. The number of benzene rings is 1. The molecular weight excluding hydrogens is 229 g/mol. The zero-order chi connectivity index (χ0) is 11.8. The van der Waals surface area contributed by atoms with Crippen molar-refractivity contribution in [2.24, 2.45) is 0 Å². The predicted molar refractivity (Wildman–Crippen MR) is 36.1 cm³/mol. The van der Waals surface area contributed by atoms with Crippen LogP contribution in [0.25, 0.3) is 0 Å². The lowest BCUT2D eigenvalue weighted by Crippen LogP contribution is -2.12. The molecule has 0 aliphatic carbocycles. The van der Waals surface area contributed by atoms with E-state index in [1.807, 2.05) is 0 Å². The molecule has 0 heterocycles. The fraction of sp³-hybridized carbons (Fsp3) is 0.250. The Labute approximate surface area is 79.3 Å². The van der Waals surface area contributed by atoms with Gasteiger partial charge in [-0.05, 0) is 6.07 Å². The van der Waals surface area contributed by atoms with Crippen molar-refractivity contribution in [1.29, 1.82) is 0 Å². The van der Waals surface area contributed by atoms with E-state index in [1.165, 1.54) is 0 Å². The van der Waals surface area contributed by atoms with Crippen LogP contribution in [0, 0.1) is 17.5 Å². The van der Waals surface area contributed by atoms with E-state index in [0.29, 0.717) is 0 Å². The van der Waals surface area contributed by atoms with Crippen molar-refractivity contribution in [1.82, 2.24) is 0 Å². The molecule has 1 rings (SSSR count). The Morgan fingerprint density at radius 3 is 1.93 bits per heavy atom. The van der Waals surface area contributed by atoms with E-state index in [-0.39, 0.29) is 6.07 Å². The minimum atomic E-state index is -5.22. The van der Waals surface area contributed by atoms with Crippen molar-refractivity contribution in [2.75, 3.05) is 0 Å². The average molecular weight is 232 g/mol. The molecule has 0 aliphatic rings. The molecule has 0 atom stereocenters. The molecule has 15 heavy (non-hydrogen) atoms. The third-order valence-electron chi connectivity index (χ3n) is 1.69. The molecule has 0 saturated carbocycles. The van der Waals surface area contributed by atoms with Gasteiger partial charge in [-0.3, -0.25) is 0 Å². The quantitative estimate of drug-likeness (QED) is 0.512. The van der Waals surface area contributed by atoms with Gasteiger partial charge in [0.25, 0.3) is 0 Å². The lowest BCUT2D eigenvalue weighted by Gasteiger charge is -2.10. The van der Waals surface area contributed by atoms with Gasteiger partial charge in [0, 0.05) is 0 Å². The highest BCUT2D eigenvalue weighted by Crippen LogP contribution is 2.34. The fourth-order valence-electron chi connectivity index (χ4n) is 0.962. The van der Waals surface area contributed by atoms with Crippen LogP contribution in [0.2, 0.25) is 0 Å². The first-order valence-electron chi connectivity index (χ1n) is 3.58. The monoisotopic (exact) mass is 232 g/mol. The van der Waals surface area contributed by atoms with Crippen LogP contribution in [-0.4, -0.2) is 0 Å². The summed E-state index contributed by atoms with van der Waals surface area (Å²) < 4.78 is 85.9. The van der Waals surface area contributed by atoms with Crippen LogP contribution in [0.4, 0.5) is 30.7 Å². The number of hydrogen-bond donors (Lipinski definition) is 0. The number of rotatable bonds is 1. The van der Waals surface area contributed by atoms with Crippen molar-refractivity contribution in [2.45, 2.75) is 12.9 Å². The van der Waals surface area contributed by atoms with Crippen molar-refractivity contribution in [3.63, 3.8) is 0 Å². The molecule has 0 amide bonds. The summed E-state index contributed by atoms with van der Waals surface area (Å²) in [7, 11) is 0. The third-order valence-corrected chi connectivity index (χ3v) is 1.69. The smallest absolute Gasteiger partial charge is 0.246 e. The summed E-state index contributed by atoms with van der Waals surface area (Å²) in [4.78, 5) is 0. The van der Waals surface area contributed by atoms with E-state index in [1.54, 1.807) is 0 Å². The zero-order valence-electron chi connectivity index (χ0n) is 6.93. The number of alkyl halides is 4. The Morgan fingerprint density at radius 1 is 1.00 bits per heavy atom. The van der Waals surface area contributed by atoms with Crippen molar-refractivity contribution >= 4 is 0 Å². The molecule has 7 heteroatoms. The molecular formula is C8H3F7. The highest BCUT2D eigenvalue weighted by molar-refractivity contribution is 5.29. The Kier molecular flexibility index (Phi) is 2.92. The standard InChI is InChI=1S/C8H3F7/c9-2-3-5(10)1-4(8(13,14)15)7(12)6(3)11/h1H,2H2. The largest absolute Gasteiger partial charge is 0.419 e. The Bertz CT molecular complexity index is 380. The maximum Gasteiger partial charge on any atom is 0.419 e. The van der Waals surface area contributed by atoms with Gasteiger partial charge in [-0.2, -0.15) is 13.2 Å². The molecule has 0 saturated heterocycles. The van der Waals surface area contributed by atoms with Gasteiger partial charge in [-0.25, -0.2) is 17.6 Å². The zero-order valence-corrected chi connectivity index (χ0v) is 6.93. The van der Waals surface area contributed by atoms with Crippen molar-refractivity contribution in [3.8, 4) is 0 Å². The van der Waals surface area contributed by atoms with Gasteiger partial charge in [-0.15, -0.1) is 0 Å². The number of hydrogen-bond acceptors (Lipinski definition) is 0. The topological polar surface area (TPSA) is 0 Å². The van der Waals surface area contributed by atoms with E-state index in [4.69, 9.17) is 0 Å². The Balaban J connectivity index is 3.48. The van der Waals surface area contributed by atoms with Crippen LogP contribution in [0.1, 0.15) is 11.1 Å². The average Bonchev–Trinajstić information content (AvgIpc) is 2.10. The highest BCUT2D eigenvalue weighted by atomic mass is 19.4. The molecule has 0 spiro atoms. The third kappa shape index (κ3) is 2.05. The van der Waals surface area contributed by atoms with Gasteiger partial charge >= 0.3 is 6.18 Å². The van der Waals surface area contributed by atoms with Crippen LogP contribution in [-0.2, 0) is 12.9 Å². The van der Waals surface area contributed by atoms with E-state index in [9.17, 15) is 30.7 Å². The molecule has 0 aromatic heterocycles. The Morgan fingerprint density at radius 2 is 1.53 bits per heavy atom. The number of halogens is 7. The lowest BCUT2D eigenvalue weighted by atomic mass is 10.1. The molecule has 0 bridgehead atoms. The lowest BCUT2D eigenvalue weighted by molar-refractivity contribution is -0.140. The van der Waals surface area contributed by atoms with Crippen molar-refractivity contribution < 1.29 is 30.7 Å². The maximum absolute atomic E-state index is 12.7. The van der Waals surface area contributed by atoms with E-state index in [2.05, 4.69) is 0 Å². The summed E-state index contributed by atoms with van der Waals surface area (Å²) in [6.07, 6.45) is -5.22. The summed E-state index contributed by atoms with van der Waals surface area (Å²) in [5.41, 5.74) is -3.44. The summed E-state index contributed by atoms with van der Waals surface area (Å²) >= 11 is 0. The Hall–Kier alpha value is -1.27. The van der Waals surface area contributed by atoms with Gasteiger partial charge in [0.2, 0.25) is 0 Å². The van der Waals surface area contributed by atoms with Gasteiger partial charge in [0.15, 0.2) is 11.6 Å². The van der Waals surface area contributed by atoms with Gasteiger partial charge in [0.05, 0.1) is 11.1 Å². The molecule has 0 N–H and O–H groups in total. The van der Waals surface area contributed by atoms with E-state index < -0.39 is 41.4 Å². The highest BCUT2D eigenvalue weighted by Gasteiger charge is 2.37. The summed E-state index contributed by atoms with van der Waals surface area (Å²) in [6.45, 7) is -1.72. The molecule has 0 unspecified atom stereocenters. The molecule has 0 aliphatic heterocycles. The van der Waals surface area contributed by atoms with Crippen LogP contribution in [0.3, 0.4) is 0 Å². The summed E-state index contributed by atoms with van der Waals surface area (Å²) in [6, 6.07) is -0.271. The normalized spacial score (nSPS) is 11.9. The van der Waals surface area contributed by atoms with Crippen LogP contribution >= 0.6 is 0 Å².